The monoisotopic (exact) mass is 217 g/mol. The van der Waals surface area contributed by atoms with Crippen molar-refractivity contribution in [3.05, 3.63) is 54.1 Å². The fraction of sp³-hybridized carbons (Fsp3) is 0. The highest BCUT2D eigenvalue weighted by atomic mass is 19.1. The first-order chi connectivity index (χ1) is 7.70. The Bertz CT molecular complexity index is 540. The van der Waals surface area contributed by atoms with Crippen LogP contribution in [0.3, 0.4) is 0 Å². The van der Waals surface area contributed by atoms with Crippen molar-refractivity contribution in [1.29, 1.82) is 0 Å². The van der Waals surface area contributed by atoms with E-state index in [9.17, 15) is 9.18 Å². The topological polar surface area (TPSA) is 50.2 Å². The van der Waals surface area contributed by atoms with Gasteiger partial charge in [-0.3, -0.25) is 4.98 Å². The van der Waals surface area contributed by atoms with E-state index in [4.69, 9.17) is 5.11 Å². The maximum atomic E-state index is 13.5. The van der Waals surface area contributed by atoms with Crippen LogP contribution in [-0.2, 0) is 0 Å². The second-order valence-electron chi connectivity index (χ2n) is 3.21. The van der Waals surface area contributed by atoms with Gasteiger partial charge in [-0.05, 0) is 12.1 Å². The molecular formula is C12H8FNO2. The summed E-state index contributed by atoms with van der Waals surface area (Å²) in [5, 5.41) is 8.96. The number of hydrogen-bond donors (Lipinski definition) is 1. The molecule has 2 rings (SSSR count). The molecule has 1 aromatic carbocycles. The van der Waals surface area contributed by atoms with E-state index in [1.807, 2.05) is 0 Å². The molecule has 2 aromatic rings. The molecule has 16 heavy (non-hydrogen) atoms. The van der Waals surface area contributed by atoms with Crippen molar-refractivity contribution in [2.75, 3.05) is 0 Å². The zero-order chi connectivity index (χ0) is 11.5. The molecule has 3 nitrogen and oxygen atoms in total. The predicted octanol–water partition coefficient (Wildman–Crippen LogP) is 2.59. The summed E-state index contributed by atoms with van der Waals surface area (Å²) in [5.41, 5.74) is 0.593. The summed E-state index contributed by atoms with van der Waals surface area (Å²) >= 11 is 0. The molecule has 1 heterocycles. The van der Waals surface area contributed by atoms with Gasteiger partial charge in [-0.15, -0.1) is 0 Å². The first-order valence-electron chi connectivity index (χ1n) is 4.62. The number of halogens is 1. The summed E-state index contributed by atoms with van der Waals surface area (Å²) in [4.78, 5) is 14.7. The summed E-state index contributed by atoms with van der Waals surface area (Å²) in [6.45, 7) is 0. The lowest BCUT2D eigenvalue weighted by Gasteiger charge is -2.06. The number of carbonyl (C=O) groups is 1. The average molecular weight is 217 g/mol. The Morgan fingerprint density at radius 1 is 1.19 bits per heavy atom. The lowest BCUT2D eigenvalue weighted by molar-refractivity contribution is 0.0697. The maximum absolute atomic E-state index is 13.5. The van der Waals surface area contributed by atoms with Crippen LogP contribution in [0.4, 0.5) is 4.39 Å². The van der Waals surface area contributed by atoms with Gasteiger partial charge in [0.2, 0.25) is 0 Å². The molecule has 0 fully saturated rings. The van der Waals surface area contributed by atoms with E-state index in [-0.39, 0.29) is 11.1 Å². The minimum atomic E-state index is -1.12. The SMILES string of the molecule is O=C(O)c1cnccc1-c1ccccc1F. The van der Waals surface area contributed by atoms with E-state index in [1.54, 1.807) is 12.1 Å². The molecule has 1 N–H and O–H groups in total. The van der Waals surface area contributed by atoms with Crippen molar-refractivity contribution >= 4 is 5.97 Å². The standard InChI is InChI=1S/C12H8FNO2/c13-11-4-2-1-3-9(11)8-5-6-14-7-10(8)12(15)16/h1-7H,(H,15,16). The lowest BCUT2D eigenvalue weighted by atomic mass is 10.0. The maximum Gasteiger partial charge on any atom is 0.337 e. The molecular weight excluding hydrogens is 209 g/mol. The highest BCUT2D eigenvalue weighted by molar-refractivity contribution is 5.95. The van der Waals surface area contributed by atoms with Crippen LogP contribution in [-0.4, -0.2) is 16.1 Å². The third-order valence-corrected chi connectivity index (χ3v) is 2.22. The fourth-order valence-electron chi connectivity index (χ4n) is 1.48. The normalized spacial score (nSPS) is 10.1. The number of pyridine rings is 1. The van der Waals surface area contributed by atoms with Crippen molar-refractivity contribution in [3.8, 4) is 11.1 Å². The summed E-state index contributed by atoms with van der Waals surface area (Å²) in [6, 6.07) is 7.53. The van der Waals surface area contributed by atoms with Crippen molar-refractivity contribution in [3.63, 3.8) is 0 Å². The molecule has 0 aliphatic rings. The molecule has 0 saturated heterocycles. The first-order valence-corrected chi connectivity index (χ1v) is 4.62. The van der Waals surface area contributed by atoms with Crippen LogP contribution < -0.4 is 0 Å². The number of nitrogens with zero attached hydrogens (tertiary/aromatic N) is 1. The Hall–Kier alpha value is -2.23. The number of hydrogen-bond acceptors (Lipinski definition) is 2. The molecule has 0 aliphatic carbocycles. The molecule has 0 aliphatic heterocycles. The number of aromatic nitrogens is 1. The van der Waals surface area contributed by atoms with E-state index >= 15 is 0 Å². The van der Waals surface area contributed by atoms with E-state index in [0.29, 0.717) is 5.56 Å². The summed E-state index contributed by atoms with van der Waals surface area (Å²) < 4.78 is 13.5. The van der Waals surface area contributed by atoms with E-state index in [1.165, 1.54) is 30.6 Å². The molecule has 0 bridgehead atoms. The van der Waals surface area contributed by atoms with Gasteiger partial charge in [-0.25, -0.2) is 9.18 Å². The zero-order valence-electron chi connectivity index (χ0n) is 8.22. The van der Waals surface area contributed by atoms with Crippen molar-refractivity contribution in [2.45, 2.75) is 0 Å². The van der Waals surface area contributed by atoms with Crippen molar-refractivity contribution < 1.29 is 14.3 Å². The third-order valence-electron chi connectivity index (χ3n) is 2.22. The van der Waals surface area contributed by atoms with Gasteiger partial charge in [0.1, 0.15) is 5.82 Å². The highest BCUT2D eigenvalue weighted by Gasteiger charge is 2.13. The fourth-order valence-corrected chi connectivity index (χ4v) is 1.48. The molecule has 0 atom stereocenters. The van der Waals surface area contributed by atoms with E-state index in [0.717, 1.165) is 0 Å². The molecule has 0 spiro atoms. The smallest absolute Gasteiger partial charge is 0.337 e. The second-order valence-corrected chi connectivity index (χ2v) is 3.21. The zero-order valence-corrected chi connectivity index (χ0v) is 8.22. The quantitative estimate of drug-likeness (QED) is 0.841. The van der Waals surface area contributed by atoms with Crippen molar-refractivity contribution in [2.24, 2.45) is 0 Å². The number of aromatic carboxylic acids is 1. The van der Waals surface area contributed by atoms with E-state index < -0.39 is 11.8 Å². The van der Waals surface area contributed by atoms with Crippen LogP contribution in [0.15, 0.2) is 42.7 Å². The van der Waals surface area contributed by atoms with Crippen LogP contribution in [0.5, 0.6) is 0 Å². The number of carboxylic acid groups (broad SMARTS) is 1. The highest BCUT2D eigenvalue weighted by Crippen LogP contribution is 2.25. The Morgan fingerprint density at radius 2 is 1.94 bits per heavy atom. The molecule has 4 heteroatoms. The minimum Gasteiger partial charge on any atom is -0.478 e. The van der Waals surface area contributed by atoms with Gasteiger partial charge in [-0.2, -0.15) is 0 Å². The summed E-state index contributed by atoms with van der Waals surface area (Å²) in [6.07, 6.45) is 2.65. The Kier molecular flexibility index (Phi) is 2.64. The summed E-state index contributed by atoms with van der Waals surface area (Å²) in [5.74, 6) is -1.57. The minimum absolute atomic E-state index is 0.00685. The van der Waals surface area contributed by atoms with Crippen LogP contribution in [0.1, 0.15) is 10.4 Å². The third kappa shape index (κ3) is 1.77. The predicted molar refractivity (Wildman–Crippen MR) is 56.6 cm³/mol. The first kappa shape index (κ1) is 10.3. The van der Waals surface area contributed by atoms with Gasteiger partial charge in [0.05, 0.1) is 5.56 Å². The van der Waals surface area contributed by atoms with Gasteiger partial charge < -0.3 is 5.11 Å². The average Bonchev–Trinajstić information content (AvgIpc) is 2.29. The molecule has 0 saturated carbocycles. The van der Waals surface area contributed by atoms with Gasteiger partial charge in [-0.1, -0.05) is 18.2 Å². The Labute approximate surface area is 91.2 Å². The lowest BCUT2D eigenvalue weighted by Crippen LogP contribution is -2.01. The van der Waals surface area contributed by atoms with Gasteiger partial charge >= 0.3 is 5.97 Å². The molecule has 0 amide bonds. The largest absolute Gasteiger partial charge is 0.478 e. The summed E-state index contributed by atoms with van der Waals surface area (Å²) in [7, 11) is 0. The Morgan fingerprint density at radius 3 is 2.62 bits per heavy atom. The second kappa shape index (κ2) is 4.10. The van der Waals surface area contributed by atoms with Crippen molar-refractivity contribution in [1.82, 2.24) is 4.98 Å². The van der Waals surface area contributed by atoms with Crippen LogP contribution >= 0.6 is 0 Å². The molecule has 80 valence electrons. The number of rotatable bonds is 2. The molecule has 1 aromatic heterocycles. The van der Waals surface area contributed by atoms with Crippen LogP contribution in [0.2, 0.25) is 0 Å². The molecule has 0 unspecified atom stereocenters. The van der Waals surface area contributed by atoms with E-state index in [2.05, 4.69) is 4.98 Å². The van der Waals surface area contributed by atoms with Crippen LogP contribution in [0, 0.1) is 5.82 Å². The number of benzene rings is 1. The van der Waals surface area contributed by atoms with Gasteiger partial charge in [0, 0.05) is 23.5 Å². The van der Waals surface area contributed by atoms with Crippen LogP contribution in [0.25, 0.3) is 11.1 Å². The number of carboxylic acids is 1. The Balaban J connectivity index is 2.65. The molecule has 0 radical (unpaired) electrons. The van der Waals surface area contributed by atoms with Gasteiger partial charge in [0.15, 0.2) is 0 Å². The van der Waals surface area contributed by atoms with Gasteiger partial charge in [0.25, 0.3) is 0 Å².